The Labute approximate surface area is 156 Å². The van der Waals surface area contributed by atoms with Crippen LogP contribution in [0.25, 0.3) is 0 Å². The SMILES string of the molecule is Cc1cnc(C(=O)Cc2ccnc([C@]3(C)C[C@@H](C)SC(N)=N3)c2)c(N)n1. The van der Waals surface area contributed by atoms with Gasteiger partial charge in [0.2, 0.25) is 0 Å². The Bertz CT molecular complexity index is 884. The predicted octanol–water partition coefficient (Wildman–Crippen LogP) is 2.24. The van der Waals surface area contributed by atoms with Crippen molar-refractivity contribution in [2.45, 2.75) is 44.4 Å². The normalized spacial score (nSPS) is 22.7. The molecule has 0 aliphatic carbocycles. The number of carbonyl (C=O) groups is 1. The molecule has 2 aromatic heterocycles. The molecule has 1 aliphatic heterocycles. The third-order valence-corrected chi connectivity index (χ3v) is 5.19. The van der Waals surface area contributed by atoms with Crippen molar-refractivity contribution in [1.29, 1.82) is 0 Å². The van der Waals surface area contributed by atoms with Crippen LogP contribution in [0.1, 0.15) is 47.7 Å². The van der Waals surface area contributed by atoms with E-state index in [0.29, 0.717) is 16.1 Å². The van der Waals surface area contributed by atoms with E-state index in [0.717, 1.165) is 17.7 Å². The highest BCUT2D eigenvalue weighted by atomic mass is 32.2. The maximum atomic E-state index is 12.6. The van der Waals surface area contributed by atoms with Crippen LogP contribution >= 0.6 is 11.8 Å². The monoisotopic (exact) mass is 370 g/mol. The molecule has 2 aromatic rings. The van der Waals surface area contributed by atoms with Crippen LogP contribution in [-0.4, -0.2) is 31.2 Å². The molecule has 3 rings (SSSR count). The summed E-state index contributed by atoms with van der Waals surface area (Å²) in [5, 5.41) is 0.921. The zero-order valence-corrected chi connectivity index (χ0v) is 15.9. The lowest BCUT2D eigenvalue weighted by Gasteiger charge is -2.32. The van der Waals surface area contributed by atoms with Gasteiger partial charge < -0.3 is 11.5 Å². The van der Waals surface area contributed by atoms with Gasteiger partial charge in [-0.15, -0.1) is 0 Å². The molecule has 0 radical (unpaired) electrons. The number of hydrogen-bond acceptors (Lipinski definition) is 8. The number of aromatic nitrogens is 3. The average molecular weight is 370 g/mol. The van der Waals surface area contributed by atoms with Crippen LogP contribution in [-0.2, 0) is 12.0 Å². The van der Waals surface area contributed by atoms with Gasteiger partial charge in [-0.3, -0.25) is 9.78 Å². The number of pyridine rings is 1. The topological polar surface area (TPSA) is 120 Å². The molecule has 0 spiro atoms. The largest absolute Gasteiger partial charge is 0.382 e. The first-order chi connectivity index (χ1) is 12.3. The summed E-state index contributed by atoms with van der Waals surface area (Å²) in [5.74, 6) is -0.0142. The van der Waals surface area contributed by atoms with E-state index >= 15 is 0 Å². The molecule has 0 amide bonds. The van der Waals surface area contributed by atoms with Gasteiger partial charge in [0.1, 0.15) is 11.2 Å². The fourth-order valence-electron chi connectivity index (χ4n) is 3.14. The lowest BCUT2D eigenvalue weighted by molar-refractivity contribution is 0.0988. The van der Waals surface area contributed by atoms with Crippen molar-refractivity contribution in [3.05, 3.63) is 47.2 Å². The van der Waals surface area contributed by atoms with E-state index in [4.69, 9.17) is 11.5 Å². The van der Waals surface area contributed by atoms with Gasteiger partial charge >= 0.3 is 0 Å². The van der Waals surface area contributed by atoms with E-state index in [2.05, 4.69) is 26.9 Å². The molecule has 2 atom stereocenters. The number of ketones is 1. The Balaban J connectivity index is 1.86. The molecule has 7 nitrogen and oxygen atoms in total. The summed E-state index contributed by atoms with van der Waals surface area (Å²) in [4.78, 5) is 29.9. The quantitative estimate of drug-likeness (QED) is 0.792. The Morgan fingerprint density at radius 1 is 1.38 bits per heavy atom. The smallest absolute Gasteiger partial charge is 0.189 e. The van der Waals surface area contributed by atoms with Gasteiger partial charge in [0.25, 0.3) is 0 Å². The third-order valence-electron chi connectivity index (χ3n) is 4.29. The minimum atomic E-state index is -0.490. The summed E-state index contributed by atoms with van der Waals surface area (Å²) in [6, 6.07) is 3.73. The molecule has 0 saturated heterocycles. The van der Waals surface area contributed by atoms with Gasteiger partial charge in [0, 0.05) is 24.1 Å². The fourth-order valence-corrected chi connectivity index (χ4v) is 4.22. The minimum Gasteiger partial charge on any atom is -0.382 e. The standard InChI is InChI=1S/C18H22N6OS/c1-10-9-22-15(16(19)23-10)13(25)6-12-4-5-21-14(7-12)18(3)8-11(2)26-17(20)24-18/h4-5,7,9,11H,6,8H2,1-3H3,(H2,19,23)(H2,20,24)/t11-,18+/m1/s1. The molecule has 0 saturated carbocycles. The number of rotatable bonds is 4. The summed E-state index contributed by atoms with van der Waals surface area (Å²) < 4.78 is 0. The van der Waals surface area contributed by atoms with Gasteiger partial charge in [-0.1, -0.05) is 18.7 Å². The van der Waals surface area contributed by atoms with Gasteiger partial charge in [-0.25, -0.2) is 15.0 Å². The summed E-state index contributed by atoms with van der Waals surface area (Å²) in [7, 11) is 0. The van der Waals surface area contributed by atoms with Crippen molar-refractivity contribution in [3.8, 4) is 0 Å². The second-order valence-corrected chi connectivity index (χ2v) is 8.21. The Morgan fingerprint density at radius 2 is 2.15 bits per heavy atom. The Morgan fingerprint density at radius 3 is 2.85 bits per heavy atom. The first-order valence-corrected chi connectivity index (χ1v) is 9.24. The van der Waals surface area contributed by atoms with E-state index in [1.54, 1.807) is 31.1 Å². The minimum absolute atomic E-state index is 0.159. The molecule has 8 heteroatoms. The van der Waals surface area contributed by atoms with Gasteiger partial charge in [0.15, 0.2) is 16.8 Å². The van der Waals surface area contributed by atoms with Crippen LogP contribution < -0.4 is 11.5 Å². The number of carbonyl (C=O) groups excluding carboxylic acids is 1. The molecular weight excluding hydrogens is 348 g/mol. The molecule has 4 N–H and O–H groups in total. The van der Waals surface area contributed by atoms with Crippen molar-refractivity contribution in [1.82, 2.24) is 15.0 Å². The van der Waals surface area contributed by atoms with E-state index in [9.17, 15) is 4.79 Å². The first kappa shape index (κ1) is 18.3. The molecule has 0 unspecified atom stereocenters. The van der Waals surface area contributed by atoms with Gasteiger partial charge in [-0.2, -0.15) is 0 Å². The van der Waals surface area contributed by atoms with Crippen LogP contribution in [0.4, 0.5) is 5.82 Å². The number of Topliss-reactive ketones (excluding diaryl/α,β-unsaturated/α-hetero) is 1. The average Bonchev–Trinajstić information content (AvgIpc) is 2.53. The van der Waals surface area contributed by atoms with Crippen molar-refractivity contribution in [2.24, 2.45) is 10.7 Å². The number of nitrogens with zero attached hydrogens (tertiary/aromatic N) is 4. The highest BCUT2D eigenvalue weighted by molar-refractivity contribution is 8.14. The summed E-state index contributed by atoms with van der Waals surface area (Å²) in [6.07, 6.45) is 4.25. The van der Waals surface area contributed by atoms with Crippen LogP contribution in [0, 0.1) is 6.92 Å². The Kier molecular flexibility index (Phi) is 4.95. The number of aryl methyl sites for hydroxylation is 1. The van der Waals surface area contributed by atoms with Crippen molar-refractivity contribution in [3.63, 3.8) is 0 Å². The summed E-state index contributed by atoms with van der Waals surface area (Å²) in [5.41, 5.74) is 13.8. The van der Waals surface area contributed by atoms with Crippen LogP contribution in [0.2, 0.25) is 0 Å². The number of anilines is 1. The second-order valence-electron chi connectivity index (χ2n) is 6.75. The first-order valence-electron chi connectivity index (χ1n) is 8.36. The van der Waals surface area contributed by atoms with E-state index in [-0.39, 0.29) is 23.7 Å². The van der Waals surface area contributed by atoms with Crippen LogP contribution in [0.15, 0.2) is 29.5 Å². The molecular formula is C18H22N6OS. The lowest BCUT2D eigenvalue weighted by atomic mass is 9.90. The maximum absolute atomic E-state index is 12.6. The number of nitrogens with two attached hydrogens (primary N) is 2. The summed E-state index contributed by atoms with van der Waals surface area (Å²) >= 11 is 1.57. The molecule has 26 heavy (non-hydrogen) atoms. The zero-order valence-electron chi connectivity index (χ0n) is 15.1. The zero-order chi connectivity index (χ0) is 18.9. The molecule has 1 aliphatic rings. The second kappa shape index (κ2) is 7.03. The fraction of sp³-hybridized carbons (Fsp3) is 0.389. The highest BCUT2D eigenvalue weighted by Gasteiger charge is 2.34. The van der Waals surface area contributed by atoms with Crippen molar-refractivity contribution >= 4 is 28.5 Å². The highest BCUT2D eigenvalue weighted by Crippen LogP contribution is 2.37. The maximum Gasteiger partial charge on any atom is 0.189 e. The van der Waals surface area contributed by atoms with E-state index in [1.165, 1.54) is 0 Å². The Hall–Kier alpha value is -2.48. The number of amidine groups is 1. The molecule has 0 aromatic carbocycles. The number of nitrogen functional groups attached to an aromatic ring is 1. The van der Waals surface area contributed by atoms with Crippen molar-refractivity contribution in [2.75, 3.05) is 5.73 Å². The van der Waals surface area contributed by atoms with Crippen molar-refractivity contribution < 1.29 is 4.79 Å². The number of aliphatic imine (C=N–C) groups is 1. The van der Waals surface area contributed by atoms with Crippen LogP contribution in [0.5, 0.6) is 0 Å². The lowest BCUT2D eigenvalue weighted by Crippen LogP contribution is -2.33. The number of hydrogen-bond donors (Lipinski definition) is 2. The molecule has 3 heterocycles. The summed E-state index contributed by atoms with van der Waals surface area (Å²) in [6.45, 7) is 5.92. The van der Waals surface area contributed by atoms with Crippen LogP contribution in [0.3, 0.4) is 0 Å². The van der Waals surface area contributed by atoms with E-state index < -0.39 is 5.54 Å². The van der Waals surface area contributed by atoms with E-state index in [1.807, 2.05) is 19.1 Å². The molecule has 0 fully saturated rings. The molecule has 136 valence electrons. The van der Waals surface area contributed by atoms with Gasteiger partial charge in [0.05, 0.1) is 11.4 Å². The number of thioether (sulfide) groups is 1. The predicted molar refractivity (Wildman–Crippen MR) is 104 cm³/mol. The van der Waals surface area contributed by atoms with Gasteiger partial charge in [-0.05, 0) is 38.0 Å². The molecule has 0 bridgehead atoms. The third kappa shape index (κ3) is 3.85.